The van der Waals surface area contributed by atoms with Crippen molar-refractivity contribution in [1.82, 2.24) is 0 Å². The van der Waals surface area contributed by atoms with Gasteiger partial charge in [-0.05, 0) is 43.4 Å². The van der Waals surface area contributed by atoms with E-state index in [1.54, 1.807) is 18.2 Å². The van der Waals surface area contributed by atoms with Crippen LogP contribution in [0.15, 0.2) is 18.2 Å². The fraction of sp³-hybridized carbons (Fsp3) is 0.500. The third-order valence-electron chi connectivity index (χ3n) is 5.20. The highest BCUT2D eigenvalue weighted by Gasteiger charge is 2.63. The van der Waals surface area contributed by atoms with Gasteiger partial charge in [-0.1, -0.05) is 6.07 Å². The summed E-state index contributed by atoms with van der Waals surface area (Å²) in [5.41, 5.74) is 1.36. The molecule has 21 heavy (non-hydrogen) atoms. The number of phenolic OH excluding ortho intramolecular Hbond substituents is 1. The first kappa shape index (κ1) is 12.7. The second-order valence-corrected chi connectivity index (χ2v) is 6.43. The largest absolute Gasteiger partial charge is 0.506 e. The predicted octanol–water partition coefficient (Wildman–Crippen LogP) is 1.84. The molecule has 5 atom stereocenters. The van der Waals surface area contributed by atoms with Gasteiger partial charge in [0, 0.05) is 5.92 Å². The molecule has 1 heterocycles. The molecule has 0 unspecified atom stereocenters. The summed E-state index contributed by atoms with van der Waals surface area (Å²) in [4.78, 5) is 24.5. The van der Waals surface area contributed by atoms with Gasteiger partial charge in [-0.15, -0.1) is 0 Å². The van der Waals surface area contributed by atoms with E-state index >= 15 is 0 Å². The molecule has 4 rings (SSSR count). The van der Waals surface area contributed by atoms with Crippen LogP contribution in [0.4, 0.5) is 5.69 Å². The van der Waals surface area contributed by atoms with Crippen LogP contribution in [0.25, 0.3) is 0 Å². The maximum absolute atomic E-state index is 12.6. The van der Waals surface area contributed by atoms with Crippen LogP contribution < -0.4 is 5.32 Å². The second-order valence-electron chi connectivity index (χ2n) is 6.43. The molecular weight excluding hydrogens is 270 g/mol. The molecule has 0 aromatic heterocycles. The van der Waals surface area contributed by atoms with Crippen LogP contribution in [0, 0.1) is 30.6 Å². The maximum atomic E-state index is 12.6. The number of carbonyl (C=O) groups excluding carboxylic acids is 2. The highest BCUT2D eigenvalue weighted by molar-refractivity contribution is 5.97. The minimum atomic E-state index is -0.318. The average molecular weight is 287 g/mol. The number of aromatic hydroxyl groups is 1. The van der Waals surface area contributed by atoms with E-state index in [0.717, 1.165) is 18.4 Å². The Kier molecular flexibility index (Phi) is 2.55. The fourth-order valence-corrected chi connectivity index (χ4v) is 4.33. The Morgan fingerprint density at radius 3 is 3.00 bits per heavy atom. The van der Waals surface area contributed by atoms with Crippen molar-refractivity contribution in [2.24, 2.45) is 23.7 Å². The smallest absolute Gasteiger partial charge is 0.310 e. The number of hydrogen-bond acceptors (Lipinski definition) is 4. The Balaban J connectivity index is 1.58. The molecule has 2 bridgehead atoms. The van der Waals surface area contributed by atoms with E-state index in [0.29, 0.717) is 5.69 Å². The van der Waals surface area contributed by atoms with Crippen LogP contribution in [0.5, 0.6) is 5.75 Å². The molecular formula is C16H17NO4. The minimum absolute atomic E-state index is 0.0314. The highest BCUT2D eigenvalue weighted by atomic mass is 16.6. The van der Waals surface area contributed by atoms with E-state index in [9.17, 15) is 14.7 Å². The van der Waals surface area contributed by atoms with Gasteiger partial charge in [0.25, 0.3) is 0 Å². The van der Waals surface area contributed by atoms with Crippen molar-refractivity contribution in [3.05, 3.63) is 23.8 Å². The van der Waals surface area contributed by atoms with Gasteiger partial charge in [0.05, 0.1) is 17.5 Å². The molecule has 3 aliphatic rings. The third kappa shape index (κ3) is 1.76. The molecule has 1 aromatic carbocycles. The average Bonchev–Trinajstić information content (AvgIpc) is 3.03. The second kappa shape index (κ2) is 4.23. The number of aryl methyl sites for hydroxylation is 1. The fourth-order valence-electron chi connectivity index (χ4n) is 4.33. The molecule has 1 saturated heterocycles. The van der Waals surface area contributed by atoms with Crippen LogP contribution >= 0.6 is 0 Å². The van der Waals surface area contributed by atoms with E-state index < -0.39 is 0 Å². The normalized spacial score (nSPS) is 35.9. The summed E-state index contributed by atoms with van der Waals surface area (Å²) >= 11 is 0. The molecule has 2 N–H and O–H groups in total. The standard InChI is InChI=1S/C16H17NO4/c1-7-2-3-11(18)10(4-7)17-15(19)13-8-5-9-12(6-8)21-16(20)14(9)13/h2-4,8-9,12-14,18H,5-6H2,1H3,(H,17,19)/t8-,9+,12-,13-,14-/m0/s1. The molecule has 5 heteroatoms. The summed E-state index contributed by atoms with van der Waals surface area (Å²) < 4.78 is 5.34. The SMILES string of the molecule is Cc1ccc(O)c(NC(=O)[C@H]2[C@H]3C[C@H]4[C@@H]2C(=O)O[C@H]4C3)c1. The first-order chi connectivity index (χ1) is 10.0. The summed E-state index contributed by atoms with van der Waals surface area (Å²) in [6.07, 6.45) is 1.73. The van der Waals surface area contributed by atoms with E-state index in [4.69, 9.17) is 4.74 Å². The van der Waals surface area contributed by atoms with Gasteiger partial charge in [-0.25, -0.2) is 0 Å². The Morgan fingerprint density at radius 2 is 2.19 bits per heavy atom. The zero-order valence-corrected chi connectivity index (χ0v) is 11.7. The van der Waals surface area contributed by atoms with Crippen molar-refractivity contribution < 1.29 is 19.4 Å². The molecule has 3 fully saturated rings. The summed E-state index contributed by atoms with van der Waals surface area (Å²) in [6.45, 7) is 1.89. The number of fused-ring (bicyclic) bond motifs is 1. The van der Waals surface area contributed by atoms with E-state index in [-0.39, 0.29) is 47.4 Å². The Hall–Kier alpha value is -2.04. The number of hydrogen-bond donors (Lipinski definition) is 2. The van der Waals surface area contributed by atoms with E-state index in [1.807, 2.05) is 6.92 Å². The molecule has 1 aromatic rings. The van der Waals surface area contributed by atoms with Crippen molar-refractivity contribution in [3.8, 4) is 5.75 Å². The number of ether oxygens (including phenoxy) is 1. The number of benzene rings is 1. The van der Waals surface area contributed by atoms with Crippen molar-refractivity contribution >= 4 is 17.6 Å². The molecule has 0 radical (unpaired) electrons. The number of nitrogens with one attached hydrogen (secondary N) is 1. The monoisotopic (exact) mass is 287 g/mol. The zero-order valence-electron chi connectivity index (χ0n) is 11.7. The predicted molar refractivity (Wildman–Crippen MR) is 74.5 cm³/mol. The number of phenols is 1. The Morgan fingerprint density at radius 1 is 1.38 bits per heavy atom. The number of amides is 1. The van der Waals surface area contributed by atoms with Crippen LogP contribution in [0.2, 0.25) is 0 Å². The molecule has 1 aliphatic heterocycles. The Labute approximate surface area is 122 Å². The van der Waals surface area contributed by atoms with Gasteiger partial charge < -0.3 is 15.2 Å². The van der Waals surface area contributed by atoms with Crippen LogP contribution in [0.3, 0.4) is 0 Å². The lowest BCUT2D eigenvalue weighted by Crippen LogP contribution is -2.35. The number of rotatable bonds is 2. The summed E-state index contributed by atoms with van der Waals surface area (Å²) in [7, 11) is 0. The van der Waals surface area contributed by atoms with E-state index in [2.05, 4.69) is 5.32 Å². The van der Waals surface area contributed by atoms with Crippen molar-refractivity contribution in [3.63, 3.8) is 0 Å². The van der Waals surface area contributed by atoms with Crippen molar-refractivity contribution in [1.29, 1.82) is 0 Å². The Bertz CT molecular complexity index is 639. The van der Waals surface area contributed by atoms with Crippen molar-refractivity contribution in [2.45, 2.75) is 25.9 Å². The molecule has 110 valence electrons. The zero-order chi connectivity index (χ0) is 14.7. The van der Waals surface area contributed by atoms with Gasteiger partial charge in [0.1, 0.15) is 11.9 Å². The van der Waals surface area contributed by atoms with Gasteiger partial charge >= 0.3 is 5.97 Å². The van der Waals surface area contributed by atoms with Crippen molar-refractivity contribution in [2.75, 3.05) is 5.32 Å². The number of carbonyl (C=O) groups is 2. The number of esters is 1. The molecule has 2 saturated carbocycles. The lowest BCUT2D eigenvalue weighted by Gasteiger charge is -2.23. The quantitative estimate of drug-likeness (QED) is 0.643. The van der Waals surface area contributed by atoms with Gasteiger partial charge in [-0.3, -0.25) is 9.59 Å². The molecule has 5 nitrogen and oxygen atoms in total. The summed E-state index contributed by atoms with van der Waals surface area (Å²) in [5, 5.41) is 12.6. The van der Waals surface area contributed by atoms with Crippen LogP contribution in [0.1, 0.15) is 18.4 Å². The molecule has 0 spiro atoms. The molecule has 1 amide bonds. The highest BCUT2D eigenvalue weighted by Crippen LogP contribution is 2.57. The third-order valence-corrected chi connectivity index (χ3v) is 5.20. The van der Waals surface area contributed by atoms with Crippen LogP contribution in [-0.2, 0) is 14.3 Å². The number of anilines is 1. The summed E-state index contributed by atoms with van der Waals surface area (Å²) in [6, 6.07) is 5.07. The summed E-state index contributed by atoms with van der Waals surface area (Å²) in [5.74, 6) is -0.525. The minimum Gasteiger partial charge on any atom is -0.506 e. The lowest BCUT2D eigenvalue weighted by molar-refractivity contribution is -0.145. The lowest BCUT2D eigenvalue weighted by atomic mass is 9.79. The van der Waals surface area contributed by atoms with Gasteiger partial charge in [0.15, 0.2) is 0 Å². The first-order valence-corrected chi connectivity index (χ1v) is 7.35. The topological polar surface area (TPSA) is 75.6 Å². The van der Waals surface area contributed by atoms with Crippen LogP contribution in [-0.4, -0.2) is 23.1 Å². The van der Waals surface area contributed by atoms with Gasteiger partial charge in [-0.2, -0.15) is 0 Å². The van der Waals surface area contributed by atoms with E-state index in [1.165, 1.54) is 0 Å². The first-order valence-electron chi connectivity index (χ1n) is 7.35. The van der Waals surface area contributed by atoms with Gasteiger partial charge in [0.2, 0.25) is 5.91 Å². The maximum Gasteiger partial charge on any atom is 0.310 e. The molecule has 2 aliphatic carbocycles.